The van der Waals surface area contributed by atoms with Crippen molar-refractivity contribution in [3.8, 4) is 5.88 Å². The van der Waals surface area contributed by atoms with Crippen LogP contribution in [0.4, 0.5) is 0 Å². The van der Waals surface area contributed by atoms with Gasteiger partial charge in [-0.15, -0.1) is 12.4 Å². The number of halogens is 1. The quantitative estimate of drug-likeness (QED) is 0.779. The molecule has 1 aromatic rings. The summed E-state index contributed by atoms with van der Waals surface area (Å²) in [5.41, 5.74) is 2.40. The molecule has 2 fully saturated rings. The summed E-state index contributed by atoms with van der Waals surface area (Å²) in [7, 11) is 0. The van der Waals surface area contributed by atoms with Crippen molar-refractivity contribution in [2.24, 2.45) is 5.92 Å². The predicted molar refractivity (Wildman–Crippen MR) is 108 cm³/mol. The van der Waals surface area contributed by atoms with Gasteiger partial charge in [-0.05, 0) is 26.2 Å². The molecule has 150 valence electrons. The Bertz CT molecular complexity index is 556. The Kier molecular flexibility index (Phi) is 8.20. The molecule has 1 atom stereocenters. The van der Waals surface area contributed by atoms with Gasteiger partial charge in [0.15, 0.2) is 0 Å². The summed E-state index contributed by atoms with van der Waals surface area (Å²) in [5.74, 6) is 1.55. The second-order valence-electron chi connectivity index (χ2n) is 7.84. The largest absolute Gasteiger partial charge is 0.478 e. The minimum absolute atomic E-state index is 0. The molecule has 0 amide bonds. The number of likely N-dealkylation sites (tertiary alicyclic amines) is 1. The summed E-state index contributed by atoms with van der Waals surface area (Å²) >= 11 is 0. The van der Waals surface area contributed by atoms with E-state index in [1.54, 1.807) is 0 Å². The second kappa shape index (κ2) is 9.93. The first-order valence-corrected chi connectivity index (χ1v) is 9.94. The van der Waals surface area contributed by atoms with Gasteiger partial charge in [0, 0.05) is 58.4 Å². The minimum atomic E-state index is 0. The highest BCUT2D eigenvalue weighted by Gasteiger charge is 2.30. The summed E-state index contributed by atoms with van der Waals surface area (Å²) in [5, 5.41) is 8.22. The summed E-state index contributed by atoms with van der Waals surface area (Å²) in [6, 6.07) is 0.712. The van der Waals surface area contributed by atoms with E-state index in [2.05, 4.69) is 47.5 Å². The molecule has 2 aliphatic heterocycles. The zero-order valence-electron chi connectivity index (χ0n) is 16.8. The highest BCUT2D eigenvalue weighted by atomic mass is 35.5. The Balaban J connectivity index is 0.00000243. The van der Waals surface area contributed by atoms with Crippen molar-refractivity contribution in [3.63, 3.8) is 0 Å². The van der Waals surface area contributed by atoms with Crippen molar-refractivity contribution >= 4 is 12.4 Å². The molecule has 0 radical (unpaired) electrons. The third kappa shape index (κ3) is 5.12. The first-order valence-electron chi connectivity index (χ1n) is 9.94. The lowest BCUT2D eigenvalue weighted by Gasteiger charge is -2.32. The maximum atomic E-state index is 6.00. The topological polar surface area (TPSA) is 45.6 Å². The van der Waals surface area contributed by atoms with E-state index in [1.807, 2.05) is 0 Å². The van der Waals surface area contributed by atoms with Crippen molar-refractivity contribution < 1.29 is 4.74 Å². The van der Waals surface area contributed by atoms with Gasteiger partial charge in [0.05, 0.1) is 17.9 Å². The van der Waals surface area contributed by atoms with Gasteiger partial charge in [-0.1, -0.05) is 13.8 Å². The van der Waals surface area contributed by atoms with Gasteiger partial charge in [-0.3, -0.25) is 9.80 Å². The van der Waals surface area contributed by atoms with Crippen LogP contribution in [0.3, 0.4) is 0 Å². The zero-order chi connectivity index (χ0) is 17.8. The van der Waals surface area contributed by atoms with Crippen LogP contribution in [0.1, 0.15) is 38.4 Å². The van der Waals surface area contributed by atoms with Gasteiger partial charge in [0.25, 0.3) is 0 Å². The van der Waals surface area contributed by atoms with E-state index < -0.39 is 0 Å². The highest BCUT2D eigenvalue weighted by Crippen LogP contribution is 2.27. The van der Waals surface area contributed by atoms with E-state index in [9.17, 15) is 0 Å². The number of nitrogens with one attached hydrogen (secondary N) is 1. The van der Waals surface area contributed by atoms with Crippen LogP contribution in [-0.2, 0) is 13.1 Å². The third-order valence-corrected chi connectivity index (χ3v) is 5.32. The summed E-state index contributed by atoms with van der Waals surface area (Å²) in [4.78, 5) is 5.24. The van der Waals surface area contributed by atoms with E-state index in [0.717, 1.165) is 37.8 Å². The molecule has 1 aromatic heterocycles. The van der Waals surface area contributed by atoms with E-state index in [4.69, 9.17) is 9.84 Å². The fraction of sp³-hybridized carbons (Fsp3) is 0.842. The molecule has 0 saturated carbocycles. The maximum Gasteiger partial charge on any atom is 0.216 e. The van der Waals surface area contributed by atoms with Gasteiger partial charge in [0.2, 0.25) is 5.88 Å². The van der Waals surface area contributed by atoms with Crippen molar-refractivity contribution in [2.75, 3.05) is 45.9 Å². The summed E-state index contributed by atoms with van der Waals surface area (Å²) in [6.45, 7) is 18.2. The maximum absolute atomic E-state index is 6.00. The van der Waals surface area contributed by atoms with E-state index in [-0.39, 0.29) is 12.4 Å². The van der Waals surface area contributed by atoms with Crippen LogP contribution in [0.5, 0.6) is 5.88 Å². The number of ether oxygens (including phenoxy) is 1. The molecule has 2 saturated heterocycles. The average Bonchev–Trinajstić information content (AvgIpc) is 3.16. The average molecular weight is 386 g/mol. The van der Waals surface area contributed by atoms with Gasteiger partial charge in [-0.25, -0.2) is 4.68 Å². The lowest BCUT2D eigenvalue weighted by molar-refractivity contribution is 0.170. The molecule has 1 N–H and O–H groups in total. The standard InChI is InChI=1S/C19H35N5O.ClH/c1-5-25-19-18(16(4)21-24(19)12-15(2)3)14-22-9-6-17(13-22)23-10-7-20-8-11-23;/h15,17,20H,5-14H2,1-4H3;1H. The molecule has 3 heterocycles. The second-order valence-corrected chi connectivity index (χ2v) is 7.84. The van der Waals surface area contributed by atoms with Gasteiger partial charge < -0.3 is 10.1 Å². The van der Waals surface area contributed by atoms with Crippen molar-refractivity contribution in [3.05, 3.63) is 11.3 Å². The lowest BCUT2D eigenvalue weighted by Crippen LogP contribution is -2.49. The smallest absolute Gasteiger partial charge is 0.216 e. The molecular formula is C19H36ClN5O. The molecule has 0 aromatic carbocycles. The molecule has 2 aliphatic rings. The van der Waals surface area contributed by atoms with Gasteiger partial charge in [-0.2, -0.15) is 5.10 Å². The van der Waals surface area contributed by atoms with Crippen molar-refractivity contribution in [1.82, 2.24) is 24.9 Å². The Hall–Kier alpha value is -0.820. The zero-order valence-corrected chi connectivity index (χ0v) is 17.6. The van der Waals surface area contributed by atoms with E-state index in [1.165, 1.54) is 38.2 Å². The molecule has 0 aliphatic carbocycles. The Labute approximate surface area is 164 Å². The normalized spacial score (nSPS) is 22.0. The molecule has 3 rings (SSSR count). The van der Waals surface area contributed by atoms with E-state index in [0.29, 0.717) is 18.6 Å². The molecule has 0 bridgehead atoms. The predicted octanol–water partition coefficient (Wildman–Crippen LogP) is 2.15. The number of nitrogens with zero attached hydrogens (tertiary/aromatic N) is 4. The number of piperazine rings is 1. The van der Waals surface area contributed by atoms with Crippen molar-refractivity contribution in [1.29, 1.82) is 0 Å². The van der Waals surface area contributed by atoms with Gasteiger partial charge >= 0.3 is 0 Å². The number of hydrogen-bond donors (Lipinski definition) is 1. The first kappa shape index (κ1) is 21.5. The first-order chi connectivity index (χ1) is 12.1. The molecule has 7 heteroatoms. The Morgan fingerprint density at radius 1 is 1.23 bits per heavy atom. The third-order valence-electron chi connectivity index (χ3n) is 5.32. The van der Waals surface area contributed by atoms with Crippen LogP contribution in [0.25, 0.3) is 0 Å². The Morgan fingerprint density at radius 2 is 1.96 bits per heavy atom. The number of aryl methyl sites for hydroxylation is 1. The molecular weight excluding hydrogens is 350 g/mol. The molecule has 6 nitrogen and oxygen atoms in total. The highest BCUT2D eigenvalue weighted by molar-refractivity contribution is 5.85. The molecule has 0 spiro atoms. The van der Waals surface area contributed by atoms with Crippen LogP contribution in [0.15, 0.2) is 0 Å². The monoisotopic (exact) mass is 385 g/mol. The molecule has 26 heavy (non-hydrogen) atoms. The number of rotatable bonds is 7. The SMILES string of the molecule is CCOc1c(CN2CCC(N3CCNCC3)C2)c(C)nn1CC(C)C.Cl. The van der Waals surface area contributed by atoms with Crippen LogP contribution < -0.4 is 10.1 Å². The Morgan fingerprint density at radius 3 is 2.62 bits per heavy atom. The minimum Gasteiger partial charge on any atom is -0.478 e. The summed E-state index contributed by atoms with van der Waals surface area (Å²) in [6.07, 6.45) is 1.28. The van der Waals surface area contributed by atoms with Crippen LogP contribution in [0, 0.1) is 12.8 Å². The lowest BCUT2D eigenvalue weighted by atomic mass is 10.2. The number of aromatic nitrogens is 2. The fourth-order valence-electron chi connectivity index (χ4n) is 4.07. The van der Waals surface area contributed by atoms with Crippen molar-refractivity contribution in [2.45, 2.75) is 53.2 Å². The van der Waals surface area contributed by atoms with Crippen LogP contribution in [0.2, 0.25) is 0 Å². The fourth-order valence-corrected chi connectivity index (χ4v) is 4.07. The van der Waals surface area contributed by atoms with Gasteiger partial charge in [0.1, 0.15) is 0 Å². The van der Waals surface area contributed by atoms with Crippen LogP contribution in [-0.4, -0.2) is 71.5 Å². The molecule has 1 unspecified atom stereocenters. The van der Waals surface area contributed by atoms with Crippen LogP contribution >= 0.6 is 12.4 Å². The number of hydrogen-bond acceptors (Lipinski definition) is 5. The summed E-state index contributed by atoms with van der Waals surface area (Å²) < 4.78 is 8.07. The van der Waals surface area contributed by atoms with E-state index >= 15 is 0 Å².